The highest BCUT2D eigenvalue weighted by atomic mass is 16.6. The smallest absolute Gasteiger partial charge is 0.208 e. The van der Waals surface area contributed by atoms with Gasteiger partial charge in [-0.3, -0.25) is 0 Å². The molecule has 120 heavy (non-hydrogen) atoms. The summed E-state index contributed by atoms with van der Waals surface area (Å²) in [6.45, 7) is 39.7. The highest BCUT2D eigenvalue weighted by Crippen LogP contribution is 2.62. The minimum atomic E-state index is 0.200. The van der Waals surface area contributed by atoms with Crippen LogP contribution in [-0.4, -0.2) is 146 Å². The summed E-state index contributed by atoms with van der Waals surface area (Å²) in [4.78, 5) is 43.3. The molecule has 24 heteroatoms. The van der Waals surface area contributed by atoms with Gasteiger partial charge in [0.25, 0.3) is 0 Å². The average Bonchev–Trinajstić information content (AvgIpc) is 1.55. The van der Waals surface area contributed by atoms with Crippen molar-refractivity contribution in [2.45, 2.75) is 316 Å². The quantitative estimate of drug-likeness (QED) is 0.0336. The number of unbranched alkanes of at least 4 members (excludes halogenated alkanes) is 16. The number of fused-ring (bicyclic) bond motifs is 20. The van der Waals surface area contributed by atoms with Crippen molar-refractivity contribution in [3.63, 3.8) is 0 Å². The molecule has 2 aliphatic heterocycles. The van der Waals surface area contributed by atoms with Crippen LogP contribution in [0.2, 0.25) is 0 Å². The zero-order valence-electron chi connectivity index (χ0n) is 76.2. The second-order valence-corrected chi connectivity index (χ2v) is 31.1. The summed E-state index contributed by atoms with van der Waals surface area (Å²) in [6.07, 6.45) is 25.3. The predicted octanol–water partition coefficient (Wildman–Crippen LogP) is 25.7. The SMILES string of the molecule is CCCCOc1c(OCCCC)c(OCCCC)c2c(c1OCCCC)-c1nc-2nc2[nH]c(nc3nc(nc4[nH]c(n1)c1c(OCCCC)c(OCCCC)c(OCCCC)c(OCCCC)c41)-c1c(OCCCC)c(OCCCC)c(OCCCC)c(OCCCC)c1-3)c1c(OCCCC)c(OCCCC)c(OCCCC)c(OCCCC)c21. The molecule has 8 bridgehead atoms. The first-order valence-corrected chi connectivity index (χ1v) is 46.9. The van der Waals surface area contributed by atoms with Gasteiger partial charge in [-0.2, -0.15) is 0 Å². The highest BCUT2D eigenvalue weighted by molar-refractivity contribution is 6.16. The first-order valence-electron chi connectivity index (χ1n) is 46.9. The van der Waals surface area contributed by atoms with Crippen LogP contribution in [0.25, 0.3) is 89.7 Å². The summed E-state index contributed by atoms with van der Waals surface area (Å²) in [5, 5.41) is 1.97. The molecule has 0 unspecified atom stereocenters. The first kappa shape index (κ1) is 94.9. The van der Waals surface area contributed by atoms with E-state index >= 15 is 0 Å². The van der Waals surface area contributed by atoms with Crippen LogP contribution >= 0.6 is 0 Å². The molecule has 0 aliphatic carbocycles. The number of benzene rings is 4. The molecule has 4 aromatic carbocycles. The number of H-pyrrole nitrogens is 2. The zero-order valence-corrected chi connectivity index (χ0v) is 76.2. The Labute approximate surface area is 715 Å². The predicted molar refractivity (Wildman–Crippen MR) is 483 cm³/mol. The maximum Gasteiger partial charge on any atom is 0.208 e. The molecule has 5 heterocycles. The molecule has 7 aromatic rings. The van der Waals surface area contributed by atoms with Gasteiger partial charge in [-0.15, -0.1) is 0 Å². The number of rotatable bonds is 64. The van der Waals surface area contributed by atoms with E-state index in [2.05, 4.69) is 121 Å². The molecule has 9 rings (SSSR count). The fraction of sp³-hybridized carbons (Fsp3) is 0.667. The lowest BCUT2D eigenvalue weighted by atomic mass is 10.0. The fourth-order valence-corrected chi connectivity index (χ4v) is 13.6. The number of nitrogens with one attached hydrogen (secondary N) is 2. The molecule has 2 aliphatic rings. The normalized spacial score (nSPS) is 11.6. The summed E-state index contributed by atoms with van der Waals surface area (Å²) in [6, 6.07) is 0. The molecule has 0 spiro atoms. The summed E-state index contributed by atoms with van der Waals surface area (Å²) in [5.74, 6) is 6.91. The third-order valence-corrected chi connectivity index (χ3v) is 20.8. The maximum absolute atomic E-state index is 7.35. The molecule has 0 saturated heterocycles. The molecule has 24 nitrogen and oxygen atoms in total. The van der Waals surface area contributed by atoms with Crippen LogP contribution in [0.3, 0.4) is 0 Å². The molecule has 2 N–H and O–H groups in total. The molecule has 0 fully saturated rings. The Kier molecular flexibility index (Phi) is 40.9. The van der Waals surface area contributed by atoms with Gasteiger partial charge >= 0.3 is 0 Å². The fourth-order valence-electron chi connectivity index (χ4n) is 13.6. The minimum Gasteiger partial charge on any atom is -0.489 e. The van der Waals surface area contributed by atoms with Gasteiger partial charge in [-0.1, -0.05) is 214 Å². The van der Waals surface area contributed by atoms with Crippen LogP contribution in [0.4, 0.5) is 0 Å². The summed E-state index contributed by atoms with van der Waals surface area (Å²) in [7, 11) is 0. The number of hydrogen-bond donors (Lipinski definition) is 2. The first-order chi connectivity index (χ1) is 59.0. The van der Waals surface area contributed by atoms with Gasteiger partial charge in [0.1, 0.15) is 22.6 Å². The number of nitrogens with zero attached hydrogens (tertiary/aromatic N) is 6. The standard InChI is InChI=1S/C96H146N8O16/c1-17-33-49-105-73-65-66(74(106-50-34-18-2)82(114-58-42-26-10)81(73)113-57-41-25-9)90-97-89(65)101-91-67-68(76(108-52-36-20-4)84(116-60-44-28-12)83(115-59-43-27-11)75(67)107-51-35-19-3)93(98-91)103-95-71-72(80(112-56-40-24-8)88(120-64-48-32-16)87(119-63-47-31-15)79(71)111-55-39-23-7)96(100-95)104-94-70-69(92(99-94)102-90)77(109-53-37-21-5)85(117-61-45-29-13)86(118-62-46-30-14)78(70)110-54-38-22-6/h17-64H2,1-16H3,(H2,97,98,99,100,101,102,103,104). The third kappa shape index (κ3) is 23.8. The molecule has 666 valence electrons. The van der Waals surface area contributed by atoms with E-state index in [0.29, 0.717) is 293 Å². The highest BCUT2D eigenvalue weighted by Gasteiger charge is 2.41. The van der Waals surface area contributed by atoms with E-state index in [0.717, 1.165) is 154 Å². The molecule has 0 radical (unpaired) electrons. The number of hydrogen-bond acceptors (Lipinski definition) is 22. The molecule has 0 amide bonds. The second-order valence-electron chi connectivity index (χ2n) is 31.1. The van der Waals surface area contributed by atoms with Gasteiger partial charge in [-0.25, -0.2) is 29.9 Å². The van der Waals surface area contributed by atoms with Crippen molar-refractivity contribution in [3.8, 4) is 138 Å². The lowest BCUT2D eigenvalue weighted by Gasteiger charge is -2.23. The van der Waals surface area contributed by atoms with Crippen LogP contribution in [0, 0.1) is 0 Å². The Morgan fingerprint density at radius 2 is 0.267 bits per heavy atom. The summed E-state index contributed by atoms with van der Waals surface area (Å²) >= 11 is 0. The van der Waals surface area contributed by atoms with Crippen LogP contribution in [0.15, 0.2) is 0 Å². The Morgan fingerprint density at radius 1 is 0.150 bits per heavy atom. The van der Waals surface area contributed by atoms with E-state index in [9.17, 15) is 0 Å². The van der Waals surface area contributed by atoms with E-state index in [1.807, 2.05) is 0 Å². The summed E-state index contributed by atoms with van der Waals surface area (Å²) in [5.41, 5.74) is 3.01. The van der Waals surface area contributed by atoms with Gasteiger partial charge in [0.15, 0.2) is 69.3 Å². The van der Waals surface area contributed by atoms with E-state index in [1.165, 1.54) is 0 Å². The van der Waals surface area contributed by atoms with Crippen LogP contribution < -0.4 is 75.8 Å². The number of aromatic nitrogens is 8. The molecule has 0 saturated carbocycles. The van der Waals surface area contributed by atoms with Crippen LogP contribution in [0.5, 0.6) is 92.0 Å². The lowest BCUT2D eigenvalue weighted by molar-refractivity contribution is 0.223. The number of aromatic amines is 2. The molecular weight excluding hydrogens is 1520 g/mol. The van der Waals surface area contributed by atoms with Crippen molar-refractivity contribution >= 4 is 44.1 Å². The van der Waals surface area contributed by atoms with E-state index < -0.39 is 0 Å². The minimum absolute atomic E-state index is 0.200. The Balaban J connectivity index is 1.76. The second kappa shape index (κ2) is 51.7. The van der Waals surface area contributed by atoms with Gasteiger partial charge in [-0.05, 0) is 103 Å². The van der Waals surface area contributed by atoms with Crippen molar-refractivity contribution in [2.24, 2.45) is 0 Å². The van der Waals surface area contributed by atoms with Crippen molar-refractivity contribution in [1.82, 2.24) is 39.9 Å². The monoisotopic (exact) mass is 1670 g/mol. The van der Waals surface area contributed by atoms with E-state index in [-0.39, 0.29) is 45.9 Å². The number of ether oxygens (including phenoxy) is 16. The topological polar surface area (TPSA) is 257 Å². The van der Waals surface area contributed by atoms with Crippen LogP contribution in [-0.2, 0) is 0 Å². The molecule has 3 aromatic heterocycles. The van der Waals surface area contributed by atoms with E-state index in [1.54, 1.807) is 0 Å². The molecular formula is C96H146N8O16. The van der Waals surface area contributed by atoms with Gasteiger partial charge in [0.2, 0.25) is 46.0 Å². The summed E-state index contributed by atoms with van der Waals surface area (Å²) < 4.78 is 116. The van der Waals surface area contributed by atoms with Gasteiger partial charge in [0.05, 0.1) is 150 Å². The van der Waals surface area contributed by atoms with Crippen LogP contribution in [0.1, 0.15) is 316 Å². The van der Waals surface area contributed by atoms with Gasteiger partial charge in [0, 0.05) is 0 Å². The largest absolute Gasteiger partial charge is 0.489 e. The molecule has 0 atom stereocenters. The Hall–Kier alpha value is -8.96. The Bertz CT molecular complexity index is 3920. The lowest BCUT2D eigenvalue weighted by Crippen LogP contribution is -2.10. The van der Waals surface area contributed by atoms with Crippen molar-refractivity contribution in [3.05, 3.63) is 0 Å². The van der Waals surface area contributed by atoms with Crippen molar-refractivity contribution < 1.29 is 75.8 Å². The average molecular weight is 1670 g/mol. The third-order valence-electron chi connectivity index (χ3n) is 20.8. The van der Waals surface area contributed by atoms with Crippen molar-refractivity contribution in [1.29, 1.82) is 0 Å². The van der Waals surface area contributed by atoms with E-state index in [4.69, 9.17) is 106 Å². The maximum atomic E-state index is 7.35. The van der Waals surface area contributed by atoms with Gasteiger partial charge < -0.3 is 85.8 Å². The Morgan fingerprint density at radius 3 is 0.400 bits per heavy atom. The zero-order chi connectivity index (χ0) is 85.4. The van der Waals surface area contributed by atoms with Crippen molar-refractivity contribution in [2.75, 3.05) is 106 Å².